The molecule has 1 rings (SSSR count). The number of hydrogen-bond acceptors (Lipinski definition) is 3. The maximum atomic E-state index is 10.5. The van der Waals surface area contributed by atoms with Crippen molar-refractivity contribution in [3.05, 3.63) is 0 Å². The van der Waals surface area contributed by atoms with Crippen LogP contribution in [0.5, 0.6) is 0 Å². The Morgan fingerprint density at radius 2 is 2.40 bits per heavy atom. The molecule has 1 saturated heterocycles. The number of nitrogens with one attached hydrogen (secondary N) is 1. The van der Waals surface area contributed by atoms with Crippen molar-refractivity contribution >= 4 is 29.3 Å². The van der Waals surface area contributed by atoms with Gasteiger partial charge in [0, 0.05) is 0 Å². The summed E-state index contributed by atoms with van der Waals surface area (Å²) in [7, 11) is 0. The number of nitrogens with zero attached hydrogens (tertiary/aromatic N) is 1. The molecule has 5 nitrogen and oxygen atoms in total. The molecule has 0 bridgehead atoms. The van der Waals surface area contributed by atoms with Crippen molar-refractivity contribution in [2.45, 2.75) is 0 Å². The van der Waals surface area contributed by atoms with Crippen LogP contribution in [-0.4, -0.2) is 33.7 Å². The average Bonchev–Trinajstić information content (AvgIpc) is 2.10. The van der Waals surface area contributed by atoms with E-state index in [4.69, 9.17) is 5.11 Å². The normalized spacial score (nSPS) is 17.4. The highest BCUT2D eigenvalue weighted by molar-refractivity contribution is 7.80. The maximum absolute atomic E-state index is 10.5. The molecule has 0 unspecified atom stereocenters. The Morgan fingerprint density at radius 3 is 2.60 bits per heavy atom. The van der Waals surface area contributed by atoms with E-state index in [9.17, 15) is 9.59 Å². The van der Waals surface area contributed by atoms with Gasteiger partial charge in [0.1, 0.15) is 6.54 Å². The highest BCUT2D eigenvalue weighted by Gasteiger charge is 2.28. The number of amides is 2. The van der Waals surface area contributed by atoms with Gasteiger partial charge < -0.3 is 10.4 Å². The fraction of sp³-hybridized carbons (Fsp3) is 0.250. The SMILES string of the molecule is O=C1CN(C(=O)O)C(=S)N1. The van der Waals surface area contributed by atoms with Crippen molar-refractivity contribution in [1.29, 1.82) is 0 Å². The van der Waals surface area contributed by atoms with Crippen LogP contribution in [0.15, 0.2) is 0 Å². The number of carbonyl (C=O) groups excluding carboxylic acids is 1. The molecule has 1 aliphatic rings. The molecule has 0 saturated carbocycles. The third-order valence-electron chi connectivity index (χ3n) is 1.02. The van der Waals surface area contributed by atoms with Gasteiger partial charge in [-0.1, -0.05) is 0 Å². The summed E-state index contributed by atoms with van der Waals surface area (Å²) >= 11 is 4.51. The van der Waals surface area contributed by atoms with Crippen LogP contribution in [0.4, 0.5) is 4.79 Å². The topological polar surface area (TPSA) is 69.6 Å². The second kappa shape index (κ2) is 2.22. The number of thiocarbonyl (C=S) groups is 1. The van der Waals surface area contributed by atoms with Gasteiger partial charge in [0.2, 0.25) is 5.91 Å². The zero-order valence-corrected chi connectivity index (χ0v) is 5.64. The molecular weight excluding hydrogens is 156 g/mol. The Hall–Kier alpha value is -1.17. The van der Waals surface area contributed by atoms with Crippen LogP contribution in [0.1, 0.15) is 0 Å². The molecule has 1 aliphatic heterocycles. The monoisotopic (exact) mass is 160 g/mol. The smallest absolute Gasteiger partial charge is 0.414 e. The second-order valence-electron chi connectivity index (χ2n) is 1.72. The van der Waals surface area contributed by atoms with Crippen LogP contribution in [0.2, 0.25) is 0 Å². The maximum Gasteiger partial charge on any atom is 0.414 e. The lowest BCUT2D eigenvalue weighted by Gasteiger charge is -2.05. The Labute approximate surface area is 61.6 Å². The Balaban J connectivity index is 2.72. The summed E-state index contributed by atoms with van der Waals surface area (Å²) < 4.78 is 0. The fourth-order valence-electron chi connectivity index (χ4n) is 0.596. The van der Waals surface area contributed by atoms with E-state index >= 15 is 0 Å². The number of carboxylic acid groups (broad SMARTS) is 1. The van der Waals surface area contributed by atoms with Crippen LogP contribution < -0.4 is 5.32 Å². The van der Waals surface area contributed by atoms with E-state index < -0.39 is 6.09 Å². The summed E-state index contributed by atoms with van der Waals surface area (Å²) in [4.78, 5) is 21.4. The van der Waals surface area contributed by atoms with Gasteiger partial charge in [0.05, 0.1) is 0 Å². The van der Waals surface area contributed by atoms with E-state index in [0.29, 0.717) is 0 Å². The van der Waals surface area contributed by atoms with Gasteiger partial charge in [-0.15, -0.1) is 0 Å². The van der Waals surface area contributed by atoms with Gasteiger partial charge in [0.15, 0.2) is 5.11 Å². The minimum absolute atomic E-state index is 0.0440. The summed E-state index contributed by atoms with van der Waals surface area (Å²) in [5.74, 6) is -0.382. The van der Waals surface area contributed by atoms with Crippen LogP contribution in [0, 0.1) is 0 Å². The second-order valence-corrected chi connectivity index (χ2v) is 2.11. The van der Waals surface area contributed by atoms with Crippen molar-refractivity contribution in [3.8, 4) is 0 Å². The van der Waals surface area contributed by atoms with Crippen molar-refractivity contribution in [2.75, 3.05) is 6.54 Å². The van der Waals surface area contributed by atoms with Gasteiger partial charge in [-0.3, -0.25) is 4.79 Å². The first-order valence-corrected chi connectivity index (χ1v) is 2.86. The van der Waals surface area contributed by atoms with E-state index in [0.717, 1.165) is 4.90 Å². The zero-order valence-electron chi connectivity index (χ0n) is 4.83. The van der Waals surface area contributed by atoms with Crippen LogP contribution >= 0.6 is 12.2 Å². The van der Waals surface area contributed by atoms with Crippen LogP contribution in [0.3, 0.4) is 0 Å². The third-order valence-corrected chi connectivity index (χ3v) is 1.35. The molecule has 1 heterocycles. The molecule has 0 atom stereocenters. The van der Waals surface area contributed by atoms with E-state index in [1.165, 1.54) is 0 Å². The summed E-state index contributed by atoms with van der Waals surface area (Å²) in [5, 5.41) is 10.5. The minimum atomic E-state index is -1.21. The molecule has 0 aromatic heterocycles. The lowest BCUT2D eigenvalue weighted by Crippen LogP contribution is -2.32. The summed E-state index contributed by atoms with van der Waals surface area (Å²) in [5.41, 5.74) is 0. The molecule has 0 aromatic carbocycles. The summed E-state index contributed by atoms with van der Waals surface area (Å²) in [6.45, 7) is -0.186. The van der Waals surface area contributed by atoms with E-state index in [1.807, 2.05) is 0 Å². The fourth-order valence-corrected chi connectivity index (χ4v) is 0.853. The highest BCUT2D eigenvalue weighted by Crippen LogP contribution is 1.97. The Kier molecular flexibility index (Phi) is 1.54. The van der Waals surface area contributed by atoms with E-state index in [-0.39, 0.29) is 17.6 Å². The molecule has 0 aliphatic carbocycles. The molecular formula is C4H4N2O3S. The van der Waals surface area contributed by atoms with Gasteiger partial charge in [0.25, 0.3) is 0 Å². The molecule has 2 N–H and O–H groups in total. The zero-order chi connectivity index (χ0) is 7.72. The predicted octanol–water partition coefficient (Wildman–Crippen LogP) is -0.619. The first-order valence-electron chi connectivity index (χ1n) is 2.45. The third kappa shape index (κ3) is 1.06. The quantitative estimate of drug-likeness (QED) is 0.463. The molecule has 0 radical (unpaired) electrons. The summed E-state index contributed by atoms with van der Waals surface area (Å²) in [6, 6.07) is 0. The molecule has 2 amide bonds. The molecule has 10 heavy (non-hydrogen) atoms. The molecule has 54 valence electrons. The number of hydrogen-bond donors (Lipinski definition) is 2. The largest absolute Gasteiger partial charge is 0.465 e. The van der Waals surface area contributed by atoms with Crippen molar-refractivity contribution < 1.29 is 14.7 Å². The predicted molar refractivity (Wildman–Crippen MR) is 35.5 cm³/mol. The van der Waals surface area contributed by atoms with E-state index in [1.54, 1.807) is 0 Å². The number of carbonyl (C=O) groups is 2. The van der Waals surface area contributed by atoms with Crippen molar-refractivity contribution in [2.24, 2.45) is 0 Å². The average molecular weight is 160 g/mol. The van der Waals surface area contributed by atoms with Crippen LogP contribution in [-0.2, 0) is 4.79 Å². The first-order chi connectivity index (χ1) is 4.61. The van der Waals surface area contributed by atoms with Gasteiger partial charge >= 0.3 is 6.09 Å². The Bertz CT molecular complexity index is 215. The first kappa shape index (κ1) is 6.94. The van der Waals surface area contributed by atoms with Gasteiger partial charge in [-0.25, -0.2) is 9.69 Å². The molecule has 6 heteroatoms. The molecule has 0 aromatic rings. The van der Waals surface area contributed by atoms with Crippen molar-refractivity contribution in [1.82, 2.24) is 10.2 Å². The summed E-state index contributed by atoms with van der Waals surface area (Å²) in [6.07, 6.45) is -1.21. The lowest BCUT2D eigenvalue weighted by atomic mass is 10.6. The van der Waals surface area contributed by atoms with E-state index in [2.05, 4.69) is 17.5 Å². The van der Waals surface area contributed by atoms with Crippen LogP contribution in [0.25, 0.3) is 0 Å². The lowest BCUT2D eigenvalue weighted by molar-refractivity contribution is -0.118. The van der Waals surface area contributed by atoms with Crippen molar-refractivity contribution in [3.63, 3.8) is 0 Å². The Morgan fingerprint density at radius 1 is 1.80 bits per heavy atom. The van der Waals surface area contributed by atoms with Gasteiger partial charge in [-0.05, 0) is 12.2 Å². The molecule has 0 spiro atoms. The minimum Gasteiger partial charge on any atom is -0.465 e. The highest BCUT2D eigenvalue weighted by atomic mass is 32.1. The molecule has 1 fully saturated rings. The number of rotatable bonds is 0. The standard InChI is InChI=1S/C4H4N2O3S/c7-2-1-6(4(8)9)3(10)5-2/h1H2,(H,8,9)(H,5,7,10). The van der Waals surface area contributed by atoms with Gasteiger partial charge in [-0.2, -0.15) is 0 Å².